The third-order valence-electron chi connectivity index (χ3n) is 6.13. The zero-order valence-electron chi connectivity index (χ0n) is 21.5. The van der Waals surface area contributed by atoms with Gasteiger partial charge in [0.15, 0.2) is 24.3 Å². The van der Waals surface area contributed by atoms with E-state index in [0.29, 0.717) is 23.0 Å². The second-order valence-electron chi connectivity index (χ2n) is 8.48. The standard InChI is InChI=1S/C28H29FN7O2/c1-4-20-17-21(10-13-36(20)33-5-2)38-25-9-6-19(16-22(25)29)34-28-26-23(31-18-32-28)7-8-24(27(26)37-3)35-14-11-30-12-15-35/h4-10,13-14,16-18,30H,11-12,15H2,1-3H3,(H,31,32,34)/q+1/b20-4+,33-5-. The van der Waals surface area contributed by atoms with Gasteiger partial charge in [-0.05, 0) is 38.1 Å². The van der Waals surface area contributed by atoms with Gasteiger partial charge in [0, 0.05) is 36.3 Å². The molecule has 0 spiro atoms. The van der Waals surface area contributed by atoms with E-state index >= 15 is 4.39 Å². The molecule has 2 aromatic carbocycles. The molecule has 2 aliphatic heterocycles. The fraction of sp³-hybridized carbons (Fsp3) is 0.214. The number of aromatic nitrogens is 2. The summed E-state index contributed by atoms with van der Waals surface area (Å²) in [5.41, 5.74) is 2.98. The second kappa shape index (κ2) is 11.2. The number of hydrogen-bond acceptors (Lipinski definition) is 8. The summed E-state index contributed by atoms with van der Waals surface area (Å²) in [4.78, 5) is 8.85. The molecule has 1 aromatic heterocycles. The van der Waals surface area contributed by atoms with Gasteiger partial charge in [-0.2, -0.15) is 9.68 Å². The van der Waals surface area contributed by atoms with Crippen molar-refractivity contribution >= 4 is 40.5 Å². The third-order valence-corrected chi connectivity index (χ3v) is 6.13. The summed E-state index contributed by atoms with van der Waals surface area (Å²) >= 11 is 0. The first-order valence-corrected chi connectivity index (χ1v) is 12.3. The van der Waals surface area contributed by atoms with Crippen molar-refractivity contribution in [2.45, 2.75) is 13.8 Å². The summed E-state index contributed by atoms with van der Waals surface area (Å²) < 4.78 is 28.9. The van der Waals surface area contributed by atoms with Crippen LogP contribution in [0.15, 0.2) is 77.6 Å². The minimum atomic E-state index is -0.512. The molecule has 0 aliphatic carbocycles. The summed E-state index contributed by atoms with van der Waals surface area (Å²) in [6, 6.07) is 8.63. The molecule has 38 heavy (non-hydrogen) atoms. The second-order valence-corrected chi connectivity index (χ2v) is 8.48. The van der Waals surface area contributed by atoms with E-state index in [2.05, 4.69) is 36.5 Å². The largest absolute Gasteiger partial charge is 0.490 e. The minimum Gasteiger partial charge on any atom is -0.490 e. The molecular formula is C28H29FN7O2+. The summed E-state index contributed by atoms with van der Waals surface area (Å²) in [7, 11) is 1.63. The number of halogens is 1. The van der Waals surface area contributed by atoms with Gasteiger partial charge in [-0.25, -0.2) is 19.4 Å². The topological polar surface area (TPSA) is 86.9 Å². The zero-order valence-corrected chi connectivity index (χ0v) is 21.5. The van der Waals surface area contributed by atoms with Gasteiger partial charge in [0.1, 0.15) is 17.9 Å². The molecule has 0 fully saturated rings. The molecule has 10 heteroatoms. The Balaban J connectivity index is 1.42. The van der Waals surface area contributed by atoms with Gasteiger partial charge in [0.25, 0.3) is 0 Å². The average molecular weight is 515 g/mol. The predicted molar refractivity (Wildman–Crippen MR) is 147 cm³/mol. The molecule has 0 saturated heterocycles. The SMILES string of the molecule is C/C=N\N1C=CC(Oc2ccc(Nc3ncnc4ccc([N+]5=CCNCC5)c(OC)c34)cc2F)=C/C1=C\C. The highest BCUT2D eigenvalue weighted by Gasteiger charge is 2.23. The molecule has 0 bridgehead atoms. The van der Waals surface area contributed by atoms with Crippen LogP contribution in [0.5, 0.6) is 11.5 Å². The normalized spacial score (nSPS) is 16.6. The van der Waals surface area contributed by atoms with Crippen molar-refractivity contribution < 1.29 is 18.4 Å². The van der Waals surface area contributed by atoms with Gasteiger partial charge in [-0.3, -0.25) is 0 Å². The number of ether oxygens (including phenoxy) is 2. The molecule has 5 rings (SSSR count). The van der Waals surface area contributed by atoms with E-state index in [4.69, 9.17) is 9.47 Å². The van der Waals surface area contributed by atoms with Gasteiger partial charge >= 0.3 is 0 Å². The molecule has 2 aliphatic rings. The number of rotatable bonds is 7. The molecule has 0 radical (unpaired) electrons. The first-order valence-electron chi connectivity index (χ1n) is 12.3. The molecule has 3 aromatic rings. The van der Waals surface area contributed by atoms with E-state index in [1.54, 1.807) is 48.8 Å². The van der Waals surface area contributed by atoms with Gasteiger partial charge in [-0.15, -0.1) is 0 Å². The Morgan fingerprint density at radius 3 is 2.84 bits per heavy atom. The monoisotopic (exact) mass is 514 g/mol. The van der Waals surface area contributed by atoms with Crippen LogP contribution >= 0.6 is 0 Å². The van der Waals surface area contributed by atoms with Gasteiger partial charge in [0.05, 0.1) is 36.8 Å². The Kier molecular flexibility index (Phi) is 7.41. The molecule has 9 nitrogen and oxygen atoms in total. The maximum atomic E-state index is 15.1. The molecule has 0 saturated carbocycles. The maximum Gasteiger partial charge on any atom is 0.248 e. The Morgan fingerprint density at radius 1 is 1.21 bits per heavy atom. The molecular weight excluding hydrogens is 485 g/mol. The van der Waals surface area contributed by atoms with E-state index in [9.17, 15) is 0 Å². The van der Waals surface area contributed by atoms with Crippen LogP contribution in [0.2, 0.25) is 0 Å². The van der Waals surface area contributed by atoms with Gasteiger partial charge in [0.2, 0.25) is 11.4 Å². The number of hydrazone groups is 1. The van der Waals surface area contributed by atoms with Crippen LogP contribution in [0, 0.1) is 5.82 Å². The lowest BCUT2D eigenvalue weighted by Crippen LogP contribution is -2.33. The Hall–Kier alpha value is -4.57. The van der Waals surface area contributed by atoms with Crippen molar-refractivity contribution in [1.82, 2.24) is 20.3 Å². The Labute approximate surface area is 220 Å². The summed E-state index contributed by atoms with van der Waals surface area (Å²) in [5, 5.41) is 13.2. The van der Waals surface area contributed by atoms with Crippen LogP contribution in [0.25, 0.3) is 10.9 Å². The fourth-order valence-electron chi connectivity index (χ4n) is 4.35. The van der Waals surface area contributed by atoms with Crippen LogP contribution in [0.1, 0.15) is 13.8 Å². The van der Waals surface area contributed by atoms with Crippen LogP contribution in [-0.2, 0) is 0 Å². The number of methoxy groups -OCH3 is 1. The third kappa shape index (κ3) is 5.12. The maximum absolute atomic E-state index is 15.1. The van der Waals surface area contributed by atoms with Crippen LogP contribution in [-0.4, -0.2) is 58.7 Å². The van der Waals surface area contributed by atoms with E-state index in [1.165, 1.54) is 12.4 Å². The number of allylic oxidation sites excluding steroid dienone is 3. The smallest absolute Gasteiger partial charge is 0.248 e. The van der Waals surface area contributed by atoms with Gasteiger partial charge in [-0.1, -0.05) is 6.08 Å². The number of benzene rings is 2. The van der Waals surface area contributed by atoms with Crippen molar-refractivity contribution in [2.24, 2.45) is 5.10 Å². The fourth-order valence-corrected chi connectivity index (χ4v) is 4.35. The Bertz CT molecular complexity index is 1510. The van der Waals surface area contributed by atoms with E-state index < -0.39 is 5.82 Å². The molecule has 194 valence electrons. The summed E-state index contributed by atoms with van der Waals surface area (Å²) in [6.45, 7) is 6.20. The predicted octanol–water partition coefficient (Wildman–Crippen LogP) is 4.84. The van der Waals surface area contributed by atoms with Crippen LogP contribution in [0.4, 0.5) is 21.6 Å². The van der Waals surface area contributed by atoms with Crippen molar-refractivity contribution in [1.29, 1.82) is 0 Å². The molecule has 0 unspecified atom stereocenters. The quantitative estimate of drug-likeness (QED) is 0.345. The van der Waals surface area contributed by atoms with Crippen LogP contribution < -0.4 is 20.1 Å². The minimum absolute atomic E-state index is 0.107. The highest BCUT2D eigenvalue weighted by Crippen LogP contribution is 2.39. The lowest BCUT2D eigenvalue weighted by atomic mass is 10.1. The van der Waals surface area contributed by atoms with Crippen molar-refractivity contribution in [2.75, 3.05) is 32.1 Å². The summed E-state index contributed by atoms with van der Waals surface area (Å²) in [6.07, 6.45) is 12.4. The molecule has 0 amide bonds. The summed E-state index contributed by atoms with van der Waals surface area (Å²) in [5.74, 6) is 1.27. The van der Waals surface area contributed by atoms with E-state index in [-0.39, 0.29) is 5.75 Å². The van der Waals surface area contributed by atoms with Crippen molar-refractivity contribution in [3.05, 3.63) is 78.4 Å². The molecule has 0 atom stereocenters. The number of nitrogens with zero attached hydrogens (tertiary/aromatic N) is 5. The molecule has 2 N–H and O–H groups in total. The molecule has 3 heterocycles. The van der Waals surface area contributed by atoms with Crippen molar-refractivity contribution in [3.63, 3.8) is 0 Å². The first kappa shape index (κ1) is 25.1. The number of anilines is 2. The van der Waals surface area contributed by atoms with E-state index in [0.717, 1.165) is 41.9 Å². The number of fused-ring (bicyclic) bond motifs is 1. The number of hydrogen-bond donors (Lipinski definition) is 2. The average Bonchev–Trinajstić information content (AvgIpc) is 2.95. The zero-order chi connectivity index (χ0) is 26.5. The highest BCUT2D eigenvalue weighted by atomic mass is 19.1. The Morgan fingerprint density at radius 2 is 2.11 bits per heavy atom. The first-order chi connectivity index (χ1) is 18.6. The van der Waals surface area contributed by atoms with Crippen LogP contribution in [0.3, 0.4) is 0 Å². The highest BCUT2D eigenvalue weighted by molar-refractivity contribution is 5.98. The van der Waals surface area contributed by atoms with Crippen molar-refractivity contribution in [3.8, 4) is 11.5 Å². The van der Waals surface area contributed by atoms with E-state index in [1.807, 2.05) is 32.1 Å². The number of nitrogens with one attached hydrogen (secondary N) is 2. The van der Waals surface area contributed by atoms with Gasteiger partial charge < -0.3 is 20.1 Å². The lowest BCUT2D eigenvalue weighted by Gasteiger charge is -2.20. The lowest BCUT2D eigenvalue weighted by molar-refractivity contribution is -0.438.